The zero-order valence-electron chi connectivity index (χ0n) is 15.3. The van der Waals surface area contributed by atoms with Crippen molar-refractivity contribution >= 4 is 17.7 Å². The predicted octanol–water partition coefficient (Wildman–Crippen LogP) is 5.45. The van der Waals surface area contributed by atoms with Crippen molar-refractivity contribution in [1.29, 1.82) is 0 Å². The van der Waals surface area contributed by atoms with Crippen molar-refractivity contribution in [3.8, 4) is 17.2 Å². The lowest BCUT2D eigenvalue weighted by Crippen LogP contribution is -2.08. The third kappa shape index (κ3) is 4.98. The van der Waals surface area contributed by atoms with E-state index in [1.165, 1.54) is 6.08 Å². The van der Waals surface area contributed by atoms with Crippen LogP contribution in [0.3, 0.4) is 0 Å². The zero-order valence-corrected chi connectivity index (χ0v) is 15.3. The Hall–Kier alpha value is -3.53. The maximum atomic E-state index is 12.4. The molecule has 0 fully saturated rings. The van der Waals surface area contributed by atoms with E-state index >= 15 is 0 Å². The van der Waals surface area contributed by atoms with Crippen molar-refractivity contribution in [1.82, 2.24) is 0 Å². The fraction of sp³-hybridized carbons (Fsp3) is 0.0870. The fourth-order valence-electron chi connectivity index (χ4n) is 2.60. The Morgan fingerprint density at radius 3 is 2.44 bits per heavy atom. The second-order valence-electron chi connectivity index (χ2n) is 5.98. The van der Waals surface area contributed by atoms with Gasteiger partial charge in [-0.2, -0.15) is 0 Å². The zero-order chi connectivity index (χ0) is 19.1. The van der Waals surface area contributed by atoms with Gasteiger partial charge in [-0.15, -0.1) is 0 Å². The van der Waals surface area contributed by atoms with Gasteiger partial charge in [0.25, 0.3) is 0 Å². The highest BCUT2D eigenvalue weighted by molar-refractivity contribution is 6.03. The smallest absolute Gasteiger partial charge is 0.248 e. The molecule has 0 radical (unpaired) electrons. The molecule has 0 bridgehead atoms. The van der Waals surface area contributed by atoms with Gasteiger partial charge in [0.2, 0.25) is 5.91 Å². The van der Waals surface area contributed by atoms with E-state index in [0.717, 1.165) is 16.9 Å². The summed E-state index contributed by atoms with van der Waals surface area (Å²) in [5.74, 6) is 1.76. The standard InChI is InChI=1S/C23H21NO3/c1-17-12-14-21(26-2)18(16-17)13-15-23(25)24-20-10-6-7-11-22(20)27-19-8-4-3-5-9-19/h3-16H,1-2H3,(H,24,25)/b15-13+. The Labute approximate surface area is 159 Å². The van der Waals surface area contributed by atoms with Crippen molar-refractivity contribution in [2.45, 2.75) is 6.92 Å². The van der Waals surface area contributed by atoms with Crippen LogP contribution in [0.5, 0.6) is 17.2 Å². The van der Waals surface area contributed by atoms with Gasteiger partial charge in [-0.05, 0) is 49.4 Å². The first kappa shape index (κ1) is 18.3. The van der Waals surface area contributed by atoms with E-state index in [0.29, 0.717) is 17.2 Å². The normalized spacial score (nSPS) is 10.6. The number of hydrogen-bond donors (Lipinski definition) is 1. The Balaban J connectivity index is 1.74. The van der Waals surface area contributed by atoms with Gasteiger partial charge in [-0.1, -0.05) is 42.0 Å². The van der Waals surface area contributed by atoms with E-state index in [2.05, 4.69) is 5.32 Å². The molecule has 1 N–H and O–H groups in total. The minimum absolute atomic E-state index is 0.248. The van der Waals surface area contributed by atoms with E-state index in [-0.39, 0.29) is 5.91 Å². The number of ether oxygens (including phenoxy) is 2. The molecule has 3 rings (SSSR count). The second kappa shape index (κ2) is 8.72. The minimum atomic E-state index is -0.248. The van der Waals surface area contributed by atoms with Gasteiger partial charge >= 0.3 is 0 Å². The largest absolute Gasteiger partial charge is 0.496 e. The summed E-state index contributed by atoms with van der Waals surface area (Å²) in [5, 5.41) is 2.86. The van der Waals surface area contributed by atoms with Crippen LogP contribution in [0.15, 0.2) is 78.9 Å². The molecule has 0 aliphatic carbocycles. The van der Waals surface area contributed by atoms with Gasteiger partial charge in [0, 0.05) is 11.6 Å². The summed E-state index contributed by atoms with van der Waals surface area (Å²) in [6, 6.07) is 22.6. The number of hydrogen-bond acceptors (Lipinski definition) is 3. The summed E-state index contributed by atoms with van der Waals surface area (Å²) in [6.45, 7) is 1.99. The maximum absolute atomic E-state index is 12.4. The van der Waals surface area contributed by atoms with Crippen LogP contribution in [0.1, 0.15) is 11.1 Å². The van der Waals surface area contributed by atoms with Gasteiger partial charge in [-0.3, -0.25) is 4.79 Å². The molecule has 0 heterocycles. The van der Waals surface area contributed by atoms with Crippen LogP contribution in [0.2, 0.25) is 0 Å². The molecule has 4 nitrogen and oxygen atoms in total. The Morgan fingerprint density at radius 2 is 1.67 bits per heavy atom. The van der Waals surface area contributed by atoms with E-state index < -0.39 is 0 Å². The van der Waals surface area contributed by atoms with Gasteiger partial charge < -0.3 is 14.8 Å². The molecule has 27 heavy (non-hydrogen) atoms. The van der Waals surface area contributed by atoms with Gasteiger partial charge in [0.05, 0.1) is 12.8 Å². The van der Waals surface area contributed by atoms with Gasteiger partial charge in [-0.25, -0.2) is 0 Å². The Bertz CT molecular complexity index is 949. The molecule has 0 aliphatic rings. The fourth-order valence-corrected chi connectivity index (χ4v) is 2.60. The number of anilines is 1. The molecule has 3 aromatic carbocycles. The lowest BCUT2D eigenvalue weighted by atomic mass is 10.1. The minimum Gasteiger partial charge on any atom is -0.496 e. The lowest BCUT2D eigenvalue weighted by Gasteiger charge is -2.11. The average molecular weight is 359 g/mol. The molecule has 0 aliphatic heterocycles. The molecular weight excluding hydrogens is 338 g/mol. The first-order chi connectivity index (χ1) is 13.2. The summed E-state index contributed by atoms with van der Waals surface area (Å²) in [6.07, 6.45) is 3.22. The van der Waals surface area contributed by atoms with E-state index in [9.17, 15) is 4.79 Å². The number of carbonyl (C=O) groups excluding carboxylic acids is 1. The molecule has 0 saturated carbocycles. The number of rotatable bonds is 6. The maximum Gasteiger partial charge on any atom is 0.248 e. The summed E-state index contributed by atoms with van der Waals surface area (Å²) in [4.78, 5) is 12.4. The van der Waals surface area contributed by atoms with Crippen LogP contribution in [-0.2, 0) is 4.79 Å². The molecular formula is C23H21NO3. The Morgan fingerprint density at radius 1 is 0.926 bits per heavy atom. The molecule has 0 atom stereocenters. The molecule has 136 valence electrons. The highest BCUT2D eigenvalue weighted by Crippen LogP contribution is 2.29. The molecule has 4 heteroatoms. The van der Waals surface area contributed by atoms with E-state index in [1.807, 2.05) is 73.7 Å². The van der Waals surface area contributed by atoms with E-state index in [4.69, 9.17) is 9.47 Å². The molecule has 1 amide bonds. The van der Waals surface area contributed by atoms with Crippen LogP contribution in [0, 0.1) is 6.92 Å². The summed E-state index contributed by atoms with van der Waals surface area (Å²) >= 11 is 0. The van der Waals surface area contributed by atoms with Crippen molar-refractivity contribution in [3.63, 3.8) is 0 Å². The number of nitrogens with one attached hydrogen (secondary N) is 1. The highest BCUT2D eigenvalue weighted by atomic mass is 16.5. The first-order valence-corrected chi connectivity index (χ1v) is 8.61. The van der Waals surface area contributed by atoms with Crippen LogP contribution in [-0.4, -0.2) is 13.0 Å². The monoisotopic (exact) mass is 359 g/mol. The van der Waals surface area contributed by atoms with E-state index in [1.54, 1.807) is 19.3 Å². The predicted molar refractivity (Wildman–Crippen MR) is 108 cm³/mol. The van der Waals surface area contributed by atoms with Crippen molar-refractivity contribution < 1.29 is 14.3 Å². The molecule has 0 unspecified atom stereocenters. The number of aryl methyl sites for hydroxylation is 1. The molecule has 0 aromatic heterocycles. The number of benzene rings is 3. The summed E-state index contributed by atoms with van der Waals surface area (Å²) in [7, 11) is 1.61. The third-order valence-electron chi connectivity index (χ3n) is 3.92. The SMILES string of the molecule is COc1ccc(C)cc1/C=C/C(=O)Nc1ccccc1Oc1ccccc1. The number of para-hydroxylation sites is 3. The third-order valence-corrected chi connectivity index (χ3v) is 3.92. The van der Waals surface area contributed by atoms with Crippen LogP contribution < -0.4 is 14.8 Å². The van der Waals surface area contributed by atoms with Crippen molar-refractivity contribution in [3.05, 3.63) is 90.0 Å². The topological polar surface area (TPSA) is 47.6 Å². The lowest BCUT2D eigenvalue weighted by molar-refractivity contribution is -0.111. The first-order valence-electron chi connectivity index (χ1n) is 8.61. The molecule has 0 spiro atoms. The number of carbonyl (C=O) groups is 1. The van der Waals surface area contributed by atoms with Gasteiger partial charge in [0.1, 0.15) is 11.5 Å². The quantitative estimate of drug-likeness (QED) is 0.596. The van der Waals surface area contributed by atoms with Crippen LogP contribution in [0.4, 0.5) is 5.69 Å². The summed E-state index contributed by atoms with van der Waals surface area (Å²) < 4.78 is 11.2. The summed E-state index contributed by atoms with van der Waals surface area (Å²) in [5.41, 5.74) is 2.55. The van der Waals surface area contributed by atoms with Crippen LogP contribution >= 0.6 is 0 Å². The van der Waals surface area contributed by atoms with Gasteiger partial charge in [0.15, 0.2) is 5.75 Å². The Kier molecular flexibility index (Phi) is 5.90. The average Bonchev–Trinajstić information content (AvgIpc) is 2.69. The number of methoxy groups -OCH3 is 1. The van der Waals surface area contributed by atoms with Crippen molar-refractivity contribution in [2.24, 2.45) is 0 Å². The highest BCUT2D eigenvalue weighted by Gasteiger charge is 2.07. The number of amides is 1. The van der Waals surface area contributed by atoms with Crippen molar-refractivity contribution in [2.75, 3.05) is 12.4 Å². The van der Waals surface area contributed by atoms with Crippen LogP contribution in [0.25, 0.3) is 6.08 Å². The molecule has 0 saturated heterocycles. The molecule has 3 aromatic rings. The second-order valence-corrected chi connectivity index (χ2v) is 5.98.